The number of morpholine rings is 1. The summed E-state index contributed by atoms with van der Waals surface area (Å²) in [7, 11) is 0. The molecule has 2 rings (SSSR count). The summed E-state index contributed by atoms with van der Waals surface area (Å²) < 4.78 is 5.24. The van der Waals surface area contributed by atoms with Gasteiger partial charge in [-0.25, -0.2) is 0 Å². The van der Waals surface area contributed by atoms with Gasteiger partial charge in [0.15, 0.2) is 0 Å². The number of hydrogen-bond acceptors (Lipinski definition) is 2. The average Bonchev–Trinajstić information content (AvgIpc) is 2.30. The Labute approximate surface area is 94.1 Å². The topological polar surface area (TPSA) is 36.3 Å². The van der Waals surface area contributed by atoms with Crippen LogP contribution in [0.5, 0.6) is 0 Å². The highest BCUT2D eigenvalue weighted by molar-refractivity contribution is 6.33. The first-order valence-electron chi connectivity index (χ1n) is 4.95. The van der Waals surface area contributed by atoms with Crippen molar-refractivity contribution in [2.24, 2.45) is 0 Å². The summed E-state index contributed by atoms with van der Waals surface area (Å²) in [4.78, 5) is 1.99. The lowest BCUT2D eigenvalue weighted by Gasteiger charge is -2.29. The van der Waals surface area contributed by atoms with Crippen molar-refractivity contribution < 1.29 is 4.74 Å². The van der Waals surface area contributed by atoms with Crippen molar-refractivity contribution in [2.75, 3.05) is 26.3 Å². The van der Waals surface area contributed by atoms with Gasteiger partial charge in [0.05, 0.1) is 18.2 Å². The minimum absolute atomic E-state index is 0.490. The smallest absolute Gasteiger partial charge is 0.129 e. The van der Waals surface area contributed by atoms with Crippen molar-refractivity contribution >= 4 is 17.4 Å². The molecule has 4 heteroatoms. The molecular formula is C11H13ClN2O. The van der Waals surface area contributed by atoms with Gasteiger partial charge < -0.3 is 9.64 Å². The van der Waals surface area contributed by atoms with Crippen LogP contribution in [0.3, 0.4) is 0 Å². The van der Waals surface area contributed by atoms with Crippen LogP contribution >= 0.6 is 11.6 Å². The zero-order valence-corrected chi connectivity index (χ0v) is 9.13. The fourth-order valence-electron chi connectivity index (χ4n) is 1.61. The molecule has 0 amide bonds. The van der Waals surface area contributed by atoms with Gasteiger partial charge in [-0.05, 0) is 12.1 Å². The Hall–Kier alpha value is -1.06. The van der Waals surface area contributed by atoms with Crippen molar-refractivity contribution in [2.45, 2.75) is 0 Å². The fraction of sp³-hybridized carbons (Fsp3) is 0.364. The number of benzene rings is 1. The molecule has 1 aromatic carbocycles. The number of rotatable bonds is 1. The summed E-state index contributed by atoms with van der Waals surface area (Å²) in [5.41, 5.74) is 0.793. The highest BCUT2D eigenvalue weighted by Crippen LogP contribution is 2.17. The Morgan fingerprint density at radius 2 is 1.93 bits per heavy atom. The van der Waals surface area contributed by atoms with Gasteiger partial charge in [-0.3, -0.25) is 5.41 Å². The van der Waals surface area contributed by atoms with E-state index in [4.69, 9.17) is 21.7 Å². The van der Waals surface area contributed by atoms with Crippen molar-refractivity contribution in [3.63, 3.8) is 0 Å². The first-order chi connectivity index (χ1) is 7.29. The maximum absolute atomic E-state index is 8.05. The molecule has 0 aromatic heterocycles. The van der Waals surface area contributed by atoms with E-state index >= 15 is 0 Å². The Bertz CT molecular complexity index is 361. The van der Waals surface area contributed by atoms with Crippen LogP contribution in [0.4, 0.5) is 0 Å². The van der Waals surface area contributed by atoms with Gasteiger partial charge in [0.25, 0.3) is 0 Å². The SMILES string of the molecule is N=C(c1ccccc1Cl)N1CCOCC1. The molecule has 1 aliphatic rings. The molecule has 0 radical (unpaired) electrons. The Morgan fingerprint density at radius 3 is 2.60 bits per heavy atom. The second-order valence-electron chi connectivity index (χ2n) is 3.43. The van der Waals surface area contributed by atoms with E-state index in [9.17, 15) is 0 Å². The third kappa shape index (κ3) is 2.30. The highest BCUT2D eigenvalue weighted by Gasteiger charge is 2.16. The molecule has 15 heavy (non-hydrogen) atoms. The molecule has 0 aliphatic carbocycles. The van der Waals surface area contributed by atoms with Crippen molar-refractivity contribution in [3.8, 4) is 0 Å². The van der Waals surface area contributed by atoms with Crippen molar-refractivity contribution in [3.05, 3.63) is 34.9 Å². The fourth-order valence-corrected chi connectivity index (χ4v) is 1.84. The van der Waals surface area contributed by atoms with E-state index in [0.29, 0.717) is 24.1 Å². The van der Waals surface area contributed by atoms with Crippen LogP contribution in [-0.4, -0.2) is 37.0 Å². The maximum Gasteiger partial charge on any atom is 0.129 e. The lowest BCUT2D eigenvalue weighted by atomic mass is 10.2. The van der Waals surface area contributed by atoms with Crippen molar-refractivity contribution in [1.82, 2.24) is 4.90 Å². The third-order valence-electron chi connectivity index (χ3n) is 2.46. The molecule has 1 aromatic rings. The van der Waals surface area contributed by atoms with Gasteiger partial charge in [0, 0.05) is 18.7 Å². The monoisotopic (exact) mass is 224 g/mol. The third-order valence-corrected chi connectivity index (χ3v) is 2.79. The average molecular weight is 225 g/mol. The van der Waals surface area contributed by atoms with Crippen LogP contribution in [0.1, 0.15) is 5.56 Å². The Morgan fingerprint density at radius 1 is 1.27 bits per heavy atom. The lowest BCUT2D eigenvalue weighted by molar-refractivity contribution is 0.0680. The summed E-state index contributed by atoms with van der Waals surface area (Å²) >= 11 is 6.04. The minimum atomic E-state index is 0.490. The molecule has 1 fully saturated rings. The summed E-state index contributed by atoms with van der Waals surface area (Å²) in [5.74, 6) is 0.490. The maximum atomic E-state index is 8.05. The van der Waals surface area contributed by atoms with E-state index in [1.165, 1.54) is 0 Å². The van der Waals surface area contributed by atoms with E-state index in [0.717, 1.165) is 18.7 Å². The minimum Gasteiger partial charge on any atom is -0.378 e. The van der Waals surface area contributed by atoms with Crippen molar-refractivity contribution in [1.29, 1.82) is 5.41 Å². The molecule has 0 spiro atoms. The van der Waals surface area contributed by atoms with Crippen LogP contribution in [0.25, 0.3) is 0 Å². The molecule has 1 N–H and O–H groups in total. The van der Waals surface area contributed by atoms with Gasteiger partial charge in [-0.2, -0.15) is 0 Å². The molecule has 0 atom stereocenters. The predicted molar refractivity (Wildman–Crippen MR) is 60.7 cm³/mol. The van der Waals surface area contributed by atoms with E-state index in [1.54, 1.807) is 0 Å². The molecule has 0 unspecified atom stereocenters. The molecule has 80 valence electrons. The summed E-state index contributed by atoms with van der Waals surface area (Å²) in [6.07, 6.45) is 0. The lowest BCUT2D eigenvalue weighted by Crippen LogP contribution is -2.40. The van der Waals surface area contributed by atoms with Gasteiger partial charge >= 0.3 is 0 Å². The predicted octanol–water partition coefficient (Wildman–Crippen LogP) is 2.00. The van der Waals surface area contributed by atoms with Gasteiger partial charge in [0.1, 0.15) is 5.84 Å². The highest BCUT2D eigenvalue weighted by atomic mass is 35.5. The van der Waals surface area contributed by atoms with Crippen LogP contribution < -0.4 is 0 Å². The second-order valence-corrected chi connectivity index (χ2v) is 3.84. The number of hydrogen-bond donors (Lipinski definition) is 1. The number of ether oxygens (including phenoxy) is 1. The zero-order valence-electron chi connectivity index (χ0n) is 8.37. The van der Waals surface area contributed by atoms with E-state index in [2.05, 4.69) is 0 Å². The molecule has 1 saturated heterocycles. The Balaban J connectivity index is 2.16. The Kier molecular flexibility index (Phi) is 3.23. The normalized spacial score (nSPS) is 16.5. The second kappa shape index (κ2) is 4.64. The van der Waals surface area contributed by atoms with Gasteiger partial charge in [-0.1, -0.05) is 23.7 Å². The number of halogens is 1. The van der Waals surface area contributed by atoms with Crippen LogP contribution in [-0.2, 0) is 4.74 Å². The van der Waals surface area contributed by atoms with Gasteiger partial charge in [-0.15, -0.1) is 0 Å². The van der Waals surface area contributed by atoms with Crippen LogP contribution in [0.2, 0.25) is 5.02 Å². The number of amidine groups is 1. The van der Waals surface area contributed by atoms with E-state index in [-0.39, 0.29) is 0 Å². The largest absolute Gasteiger partial charge is 0.378 e. The number of nitrogens with one attached hydrogen (secondary N) is 1. The summed E-state index contributed by atoms with van der Waals surface area (Å²) in [6, 6.07) is 7.46. The first-order valence-corrected chi connectivity index (χ1v) is 5.33. The molecular weight excluding hydrogens is 212 g/mol. The number of nitrogens with zero attached hydrogens (tertiary/aromatic N) is 1. The van der Waals surface area contributed by atoms with E-state index < -0.39 is 0 Å². The molecule has 0 saturated carbocycles. The summed E-state index contributed by atoms with van der Waals surface area (Å²) in [6.45, 7) is 2.91. The quantitative estimate of drug-likeness (QED) is 0.585. The van der Waals surface area contributed by atoms with Gasteiger partial charge in [0.2, 0.25) is 0 Å². The first kappa shape index (κ1) is 10.5. The van der Waals surface area contributed by atoms with Crippen LogP contribution in [0, 0.1) is 5.41 Å². The molecule has 3 nitrogen and oxygen atoms in total. The zero-order chi connectivity index (χ0) is 10.7. The molecule has 1 heterocycles. The van der Waals surface area contributed by atoms with E-state index in [1.807, 2.05) is 29.2 Å². The summed E-state index contributed by atoms with van der Waals surface area (Å²) in [5, 5.41) is 8.68. The molecule has 0 bridgehead atoms. The van der Waals surface area contributed by atoms with Crippen LogP contribution in [0.15, 0.2) is 24.3 Å². The molecule has 1 aliphatic heterocycles. The standard InChI is InChI=1S/C11H13ClN2O/c12-10-4-2-1-3-9(10)11(13)14-5-7-15-8-6-14/h1-4,13H,5-8H2.